The molecule has 0 aliphatic carbocycles. The molecular formula is C8H7FO3. The molecule has 4 heteroatoms. The molecule has 12 heavy (non-hydrogen) atoms. The van der Waals surface area contributed by atoms with Crippen LogP contribution in [0, 0.1) is 0 Å². The largest absolute Gasteiger partial charge is 0.508 e. The summed E-state index contributed by atoms with van der Waals surface area (Å²) < 4.78 is 11.3. The summed E-state index contributed by atoms with van der Waals surface area (Å²) in [6.45, 7) is 0. The lowest BCUT2D eigenvalue weighted by molar-refractivity contribution is -0.182. The van der Waals surface area contributed by atoms with Crippen LogP contribution < -0.4 is 0 Å². The fourth-order valence-electron chi connectivity index (χ4n) is 0.860. The number of phenols is 1. The lowest BCUT2D eigenvalue weighted by Gasteiger charge is -1.97. The maximum Gasteiger partial charge on any atom is 0.353 e. The van der Waals surface area contributed by atoms with Gasteiger partial charge in [-0.25, -0.2) is 4.79 Å². The fourth-order valence-corrected chi connectivity index (χ4v) is 0.860. The fraction of sp³-hybridized carbons (Fsp3) is 0.125. The second-order valence-corrected chi connectivity index (χ2v) is 2.30. The van der Waals surface area contributed by atoms with Crippen molar-refractivity contribution in [3.8, 4) is 5.75 Å². The standard InChI is InChI=1S/C8H7FO3/c9-12-8(11)5-6-2-1-3-7(10)4-6/h1-4,10H,5H2. The number of hydrogen-bond acceptors (Lipinski definition) is 3. The Morgan fingerprint density at radius 1 is 1.58 bits per heavy atom. The molecule has 0 aliphatic heterocycles. The predicted octanol–water partition coefficient (Wildman–Crippen LogP) is 1.36. The number of phenolic OH excluding ortho intramolecular Hbond substituents is 1. The van der Waals surface area contributed by atoms with Gasteiger partial charge in [-0.2, -0.15) is 0 Å². The van der Waals surface area contributed by atoms with E-state index in [4.69, 9.17) is 5.11 Å². The minimum Gasteiger partial charge on any atom is -0.508 e. The van der Waals surface area contributed by atoms with E-state index in [2.05, 4.69) is 4.94 Å². The zero-order chi connectivity index (χ0) is 8.97. The normalized spacial score (nSPS) is 9.42. The second-order valence-electron chi connectivity index (χ2n) is 2.30. The molecular weight excluding hydrogens is 163 g/mol. The molecule has 1 aromatic carbocycles. The summed E-state index contributed by atoms with van der Waals surface area (Å²) in [5.74, 6) is -0.931. The minimum absolute atomic E-state index is 0.0409. The third-order valence-electron chi connectivity index (χ3n) is 1.35. The first-order valence-electron chi connectivity index (χ1n) is 3.31. The Balaban J connectivity index is 2.69. The van der Waals surface area contributed by atoms with E-state index < -0.39 is 5.97 Å². The summed E-state index contributed by atoms with van der Waals surface area (Å²) in [6.07, 6.45) is -0.176. The van der Waals surface area contributed by atoms with E-state index in [-0.39, 0.29) is 12.2 Å². The number of aromatic hydroxyl groups is 1. The maximum atomic E-state index is 11.3. The summed E-state index contributed by atoms with van der Waals surface area (Å²) in [5.41, 5.74) is 0.512. The second kappa shape index (κ2) is 3.71. The van der Waals surface area contributed by atoms with Crippen LogP contribution in [0.3, 0.4) is 0 Å². The number of carbonyl (C=O) groups is 1. The van der Waals surface area contributed by atoms with E-state index in [1.54, 1.807) is 12.1 Å². The predicted molar refractivity (Wildman–Crippen MR) is 39.0 cm³/mol. The van der Waals surface area contributed by atoms with Crippen molar-refractivity contribution in [2.24, 2.45) is 0 Å². The van der Waals surface area contributed by atoms with Crippen molar-refractivity contribution in [1.29, 1.82) is 0 Å². The molecule has 0 unspecified atom stereocenters. The molecule has 0 aliphatic rings. The average Bonchev–Trinajstić information content (AvgIpc) is 2.04. The number of rotatable bonds is 2. The first-order valence-corrected chi connectivity index (χ1v) is 3.31. The molecule has 0 spiro atoms. The van der Waals surface area contributed by atoms with Crippen molar-refractivity contribution in [2.45, 2.75) is 6.42 Å². The Hall–Kier alpha value is -1.58. The van der Waals surface area contributed by atoms with E-state index in [9.17, 15) is 9.32 Å². The van der Waals surface area contributed by atoms with Crippen LogP contribution in [-0.4, -0.2) is 11.1 Å². The summed E-state index contributed by atoms with van der Waals surface area (Å²) >= 11 is 0. The van der Waals surface area contributed by atoms with E-state index in [0.29, 0.717) is 5.56 Å². The highest BCUT2D eigenvalue weighted by Gasteiger charge is 2.04. The van der Waals surface area contributed by atoms with Gasteiger partial charge in [0.25, 0.3) is 0 Å². The zero-order valence-electron chi connectivity index (χ0n) is 6.16. The highest BCUT2D eigenvalue weighted by atomic mass is 19.3. The molecule has 0 aromatic heterocycles. The van der Waals surface area contributed by atoms with Gasteiger partial charge in [-0.15, -0.1) is 0 Å². The van der Waals surface area contributed by atoms with Gasteiger partial charge in [0.05, 0.1) is 6.42 Å². The number of benzene rings is 1. The highest BCUT2D eigenvalue weighted by molar-refractivity contribution is 5.71. The lowest BCUT2D eigenvalue weighted by Crippen LogP contribution is -2.01. The molecule has 1 N–H and O–H groups in total. The molecule has 64 valence electrons. The Bertz CT molecular complexity index is 285. The van der Waals surface area contributed by atoms with Crippen LogP contribution >= 0.6 is 0 Å². The Morgan fingerprint density at radius 2 is 2.33 bits per heavy atom. The summed E-state index contributed by atoms with van der Waals surface area (Å²) in [6, 6.07) is 5.99. The Morgan fingerprint density at radius 3 is 2.92 bits per heavy atom. The molecule has 0 fully saturated rings. The van der Waals surface area contributed by atoms with Gasteiger partial charge in [0.2, 0.25) is 0 Å². The molecule has 3 nitrogen and oxygen atoms in total. The van der Waals surface area contributed by atoms with Gasteiger partial charge < -0.3 is 5.11 Å². The van der Waals surface area contributed by atoms with Gasteiger partial charge in [-0.3, -0.25) is 4.94 Å². The summed E-state index contributed by atoms with van der Waals surface area (Å²) in [5, 5.41) is 8.95. The van der Waals surface area contributed by atoms with E-state index in [1.807, 2.05) is 0 Å². The smallest absolute Gasteiger partial charge is 0.353 e. The van der Waals surface area contributed by atoms with Gasteiger partial charge in [-0.1, -0.05) is 12.1 Å². The van der Waals surface area contributed by atoms with Crippen molar-refractivity contribution in [1.82, 2.24) is 0 Å². The van der Waals surface area contributed by atoms with Gasteiger partial charge in [0.15, 0.2) is 0 Å². The first-order chi connectivity index (χ1) is 5.72. The summed E-state index contributed by atoms with van der Waals surface area (Å²) in [4.78, 5) is 13.4. The molecule has 0 bridgehead atoms. The van der Waals surface area contributed by atoms with Crippen LogP contribution in [0.5, 0.6) is 5.75 Å². The lowest BCUT2D eigenvalue weighted by atomic mass is 10.1. The SMILES string of the molecule is O=C(Cc1cccc(O)c1)OF. The van der Waals surface area contributed by atoms with Crippen molar-refractivity contribution in [3.05, 3.63) is 29.8 Å². The van der Waals surface area contributed by atoms with Crippen LogP contribution in [0.1, 0.15) is 5.56 Å². The highest BCUT2D eigenvalue weighted by Crippen LogP contribution is 2.11. The van der Waals surface area contributed by atoms with Crippen LogP contribution in [0.25, 0.3) is 0 Å². The van der Waals surface area contributed by atoms with Crippen molar-refractivity contribution >= 4 is 5.97 Å². The molecule has 0 saturated heterocycles. The Labute approximate surface area is 68.3 Å². The summed E-state index contributed by atoms with van der Waals surface area (Å²) in [7, 11) is 0. The van der Waals surface area contributed by atoms with Crippen molar-refractivity contribution in [3.63, 3.8) is 0 Å². The molecule has 1 rings (SSSR count). The van der Waals surface area contributed by atoms with Gasteiger partial charge in [0, 0.05) is 4.53 Å². The third-order valence-corrected chi connectivity index (χ3v) is 1.35. The van der Waals surface area contributed by atoms with Gasteiger partial charge in [-0.05, 0) is 17.7 Å². The van der Waals surface area contributed by atoms with Crippen LogP contribution in [0.4, 0.5) is 4.53 Å². The van der Waals surface area contributed by atoms with E-state index in [0.717, 1.165) is 0 Å². The maximum absolute atomic E-state index is 11.3. The molecule has 0 atom stereocenters. The molecule has 0 heterocycles. The van der Waals surface area contributed by atoms with Crippen molar-refractivity contribution < 1.29 is 19.4 Å². The van der Waals surface area contributed by atoms with Crippen LogP contribution in [-0.2, 0) is 16.2 Å². The number of halogens is 1. The average molecular weight is 170 g/mol. The molecule has 0 amide bonds. The quantitative estimate of drug-likeness (QED) is 0.728. The molecule has 0 radical (unpaired) electrons. The molecule has 0 saturated carbocycles. The zero-order valence-corrected chi connectivity index (χ0v) is 6.16. The van der Waals surface area contributed by atoms with Gasteiger partial charge in [0.1, 0.15) is 5.75 Å². The Kier molecular flexibility index (Phi) is 2.63. The minimum atomic E-state index is -0.972. The third kappa shape index (κ3) is 2.23. The van der Waals surface area contributed by atoms with Crippen molar-refractivity contribution in [2.75, 3.05) is 0 Å². The van der Waals surface area contributed by atoms with Gasteiger partial charge >= 0.3 is 5.97 Å². The first kappa shape index (κ1) is 8.52. The monoisotopic (exact) mass is 170 g/mol. The van der Waals surface area contributed by atoms with E-state index >= 15 is 0 Å². The topological polar surface area (TPSA) is 46.5 Å². The molecule has 1 aromatic rings. The number of hydrogen-bond donors (Lipinski definition) is 1. The number of carbonyl (C=O) groups excluding carboxylic acids is 1. The van der Waals surface area contributed by atoms with Crippen LogP contribution in [0.2, 0.25) is 0 Å². The van der Waals surface area contributed by atoms with E-state index in [1.165, 1.54) is 12.1 Å². The van der Waals surface area contributed by atoms with Crippen LogP contribution in [0.15, 0.2) is 24.3 Å².